The second kappa shape index (κ2) is 9.79. The summed E-state index contributed by atoms with van der Waals surface area (Å²) in [6.07, 6.45) is 4.60. The molecule has 1 amide bonds. The Morgan fingerprint density at radius 2 is 1.90 bits per heavy atom. The summed E-state index contributed by atoms with van der Waals surface area (Å²) in [6, 6.07) is 5.67. The van der Waals surface area contributed by atoms with Crippen LogP contribution in [0.2, 0.25) is 0 Å². The van der Waals surface area contributed by atoms with Crippen LogP contribution in [0.4, 0.5) is 5.69 Å². The summed E-state index contributed by atoms with van der Waals surface area (Å²) in [7, 11) is 0. The van der Waals surface area contributed by atoms with Gasteiger partial charge in [-0.15, -0.1) is 0 Å². The number of nitro groups is 1. The quantitative estimate of drug-likeness (QED) is 0.294. The largest absolute Gasteiger partial charge is 0.354 e. The molecule has 0 aliphatic carbocycles. The maximum atomic E-state index is 12.5. The fourth-order valence-electron chi connectivity index (χ4n) is 4.15. The number of nitrogens with zero attached hydrogens (tertiary/aromatic N) is 2. The van der Waals surface area contributed by atoms with Crippen LogP contribution >= 0.6 is 34.8 Å². The second-order valence-corrected chi connectivity index (χ2v) is 9.90. The van der Waals surface area contributed by atoms with Crippen molar-refractivity contribution < 1.29 is 14.5 Å². The van der Waals surface area contributed by atoms with Crippen LogP contribution in [0.25, 0.3) is 0 Å². The van der Waals surface area contributed by atoms with Gasteiger partial charge in [-0.3, -0.25) is 14.9 Å². The number of amides is 1. The average molecular weight is 465 g/mol. The first-order valence-electron chi connectivity index (χ1n) is 9.73. The number of rotatable bonds is 6. The first-order chi connectivity index (χ1) is 13.8. The fraction of sp³-hybridized carbons (Fsp3) is 0.632. The van der Waals surface area contributed by atoms with Gasteiger partial charge in [-0.25, -0.2) is 0 Å². The predicted octanol–water partition coefficient (Wildman–Crippen LogP) is 4.30. The number of hydrogen-bond acceptors (Lipinski definition) is 5. The highest BCUT2D eigenvalue weighted by molar-refractivity contribution is 6.68. The van der Waals surface area contributed by atoms with Gasteiger partial charge < -0.3 is 15.0 Å². The highest BCUT2D eigenvalue weighted by Gasteiger charge is 2.38. The van der Waals surface area contributed by atoms with E-state index in [1.165, 1.54) is 37.1 Å². The summed E-state index contributed by atoms with van der Waals surface area (Å²) in [5, 5.41) is 13.3. The molecule has 0 bridgehead atoms. The lowest BCUT2D eigenvalue weighted by molar-refractivity contribution is -0.384. The molecule has 160 valence electrons. The van der Waals surface area contributed by atoms with E-state index >= 15 is 0 Å². The fourth-order valence-corrected chi connectivity index (χ4v) is 4.50. The van der Waals surface area contributed by atoms with Crippen molar-refractivity contribution in [3.8, 4) is 0 Å². The van der Waals surface area contributed by atoms with Crippen molar-refractivity contribution in [1.82, 2.24) is 10.2 Å². The van der Waals surface area contributed by atoms with Crippen LogP contribution in [0.5, 0.6) is 0 Å². The zero-order chi connectivity index (χ0) is 21.0. The average Bonchev–Trinajstić information content (AvgIpc) is 2.70. The first-order valence-corrected chi connectivity index (χ1v) is 10.9. The number of nitro benzene ring substituents is 1. The molecule has 0 radical (unpaired) electrons. The number of carbonyl (C=O) groups is 1. The standard InChI is InChI=1S/C19H24Cl3N3O4/c20-19(21,22)18(23-17(26)13-6-8-15(9-7-13)25(27)28)29-12-14-4-3-11-24-10-2-1-5-16(14)24/h6-9,14,16,18H,1-5,10-12H2,(H,23,26). The first kappa shape index (κ1) is 22.6. The molecule has 29 heavy (non-hydrogen) atoms. The molecule has 2 saturated heterocycles. The molecular formula is C19H24Cl3N3O4. The minimum absolute atomic E-state index is 0.106. The number of fused-ring (bicyclic) bond motifs is 1. The zero-order valence-corrected chi connectivity index (χ0v) is 18.1. The van der Waals surface area contributed by atoms with Crippen LogP contribution < -0.4 is 5.32 Å². The van der Waals surface area contributed by atoms with E-state index in [2.05, 4.69) is 10.2 Å². The van der Waals surface area contributed by atoms with Gasteiger partial charge in [0.15, 0.2) is 6.23 Å². The van der Waals surface area contributed by atoms with E-state index in [1.807, 2.05) is 0 Å². The number of alkyl halides is 3. The molecule has 0 aromatic heterocycles. The molecule has 2 heterocycles. The van der Waals surface area contributed by atoms with Crippen LogP contribution in [0.15, 0.2) is 24.3 Å². The topological polar surface area (TPSA) is 84.7 Å². The third-order valence-corrected chi connectivity index (χ3v) is 6.20. The number of hydrogen-bond donors (Lipinski definition) is 1. The molecule has 2 aliphatic heterocycles. The maximum Gasteiger partial charge on any atom is 0.269 e. The van der Waals surface area contributed by atoms with Crippen LogP contribution in [0.1, 0.15) is 42.5 Å². The molecule has 3 unspecified atom stereocenters. The number of piperidine rings is 2. The molecule has 3 atom stereocenters. The highest BCUT2D eigenvalue weighted by atomic mass is 35.6. The molecule has 2 aliphatic rings. The molecule has 0 spiro atoms. The number of nitrogens with one attached hydrogen (secondary N) is 1. The van der Waals surface area contributed by atoms with Crippen molar-refractivity contribution in [2.75, 3.05) is 19.7 Å². The summed E-state index contributed by atoms with van der Waals surface area (Å²) in [6.45, 7) is 2.62. The third-order valence-electron chi connectivity index (χ3n) is 5.61. The van der Waals surface area contributed by atoms with E-state index < -0.39 is 20.9 Å². The van der Waals surface area contributed by atoms with Crippen molar-refractivity contribution in [1.29, 1.82) is 0 Å². The van der Waals surface area contributed by atoms with E-state index in [0.29, 0.717) is 18.6 Å². The van der Waals surface area contributed by atoms with E-state index in [-0.39, 0.29) is 11.3 Å². The van der Waals surface area contributed by atoms with Crippen LogP contribution in [-0.4, -0.2) is 51.5 Å². The number of ether oxygens (including phenoxy) is 1. The van der Waals surface area contributed by atoms with E-state index in [4.69, 9.17) is 39.5 Å². The van der Waals surface area contributed by atoms with Gasteiger partial charge in [-0.2, -0.15) is 0 Å². The van der Waals surface area contributed by atoms with Gasteiger partial charge in [-0.05, 0) is 56.8 Å². The van der Waals surface area contributed by atoms with Crippen LogP contribution in [0, 0.1) is 16.0 Å². The Hall–Kier alpha value is -1.12. The Balaban J connectivity index is 1.62. The van der Waals surface area contributed by atoms with Gasteiger partial charge in [0.1, 0.15) is 0 Å². The molecule has 2 fully saturated rings. The van der Waals surface area contributed by atoms with Crippen molar-refractivity contribution in [3.05, 3.63) is 39.9 Å². The minimum atomic E-state index is -1.85. The molecule has 3 rings (SSSR count). The maximum absolute atomic E-state index is 12.5. The Morgan fingerprint density at radius 3 is 2.55 bits per heavy atom. The summed E-state index contributed by atoms with van der Waals surface area (Å²) in [5.41, 5.74) is 0.111. The zero-order valence-electron chi connectivity index (χ0n) is 15.9. The number of carbonyl (C=O) groups excluding carboxylic acids is 1. The van der Waals surface area contributed by atoms with Crippen molar-refractivity contribution in [3.63, 3.8) is 0 Å². The second-order valence-electron chi connectivity index (χ2n) is 7.53. The number of benzene rings is 1. The third kappa shape index (κ3) is 5.95. The SMILES string of the molecule is O=C(NC(OCC1CCCN2CCCCC12)C(Cl)(Cl)Cl)c1ccc([N+](=O)[O-])cc1. The summed E-state index contributed by atoms with van der Waals surface area (Å²) >= 11 is 18.1. The smallest absolute Gasteiger partial charge is 0.269 e. The van der Waals surface area contributed by atoms with Gasteiger partial charge in [0.25, 0.3) is 11.6 Å². The molecule has 10 heteroatoms. The van der Waals surface area contributed by atoms with Crippen LogP contribution in [-0.2, 0) is 4.74 Å². The summed E-state index contributed by atoms with van der Waals surface area (Å²) in [4.78, 5) is 25.3. The summed E-state index contributed by atoms with van der Waals surface area (Å²) in [5.74, 6) is -0.200. The molecule has 1 N–H and O–H groups in total. The van der Waals surface area contributed by atoms with E-state index in [0.717, 1.165) is 32.4 Å². The van der Waals surface area contributed by atoms with Gasteiger partial charge in [0.2, 0.25) is 3.79 Å². The van der Waals surface area contributed by atoms with Gasteiger partial charge in [0.05, 0.1) is 11.5 Å². The van der Waals surface area contributed by atoms with Gasteiger partial charge >= 0.3 is 0 Å². The highest BCUT2D eigenvalue weighted by Crippen LogP contribution is 2.34. The molecule has 1 aromatic carbocycles. The molecular weight excluding hydrogens is 441 g/mol. The van der Waals surface area contributed by atoms with E-state index in [9.17, 15) is 14.9 Å². The lowest BCUT2D eigenvalue weighted by Gasteiger charge is -2.44. The normalized spacial score (nSPS) is 23.8. The Morgan fingerprint density at radius 1 is 1.21 bits per heavy atom. The van der Waals surface area contributed by atoms with Crippen LogP contribution in [0.3, 0.4) is 0 Å². The Bertz CT molecular complexity index is 724. The monoisotopic (exact) mass is 463 g/mol. The van der Waals surface area contributed by atoms with Crippen molar-refractivity contribution in [2.24, 2.45) is 5.92 Å². The molecule has 0 saturated carbocycles. The predicted molar refractivity (Wildman–Crippen MR) is 113 cm³/mol. The van der Waals surface area contributed by atoms with Gasteiger partial charge in [-0.1, -0.05) is 41.2 Å². The lowest BCUT2D eigenvalue weighted by atomic mass is 9.84. The Kier molecular flexibility index (Phi) is 7.62. The molecule has 1 aromatic rings. The van der Waals surface area contributed by atoms with Gasteiger partial charge in [0, 0.05) is 23.7 Å². The van der Waals surface area contributed by atoms with Crippen molar-refractivity contribution >= 4 is 46.4 Å². The lowest BCUT2D eigenvalue weighted by Crippen LogP contribution is -2.51. The van der Waals surface area contributed by atoms with Crippen molar-refractivity contribution in [2.45, 2.75) is 48.2 Å². The number of non-ortho nitro benzene ring substituents is 1. The Labute approximate surface area is 184 Å². The van der Waals surface area contributed by atoms with E-state index in [1.54, 1.807) is 0 Å². The number of halogens is 3. The minimum Gasteiger partial charge on any atom is -0.354 e. The summed E-state index contributed by atoms with van der Waals surface area (Å²) < 4.78 is 4.04. The molecule has 7 nitrogen and oxygen atoms in total.